The predicted molar refractivity (Wildman–Crippen MR) is 138 cm³/mol. The Hall–Kier alpha value is -1.65. The van der Waals surface area contributed by atoms with E-state index in [1.54, 1.807) is 28.8 Å². The first-order chi connectivity index (χ1) is 14.8. The molecule has 0 bridgehead atoms. The minimum absolute atomic E-state index is 0. The van der Waals surface area contributed by atoms with Gasteiger partial charge in [-0.05, 0) is 55.7 Å². The lowest BCUT2D eigenvalue weighted by Gasteiger charge is -2.24. The van der Waals surface area contributed by atoms with Crippen LogP contribution in [-0.4, -0.2) is 62.9 Å². The Morgan fingerprint density at radius 2 is 1.81 bits per heavy atom. The fourth-order valence-corrected chi connectivity index (χ4v) is 5.43. The minimum atomic E-state index is -3.41. The number of nitrogens with zero attached hydrogens (tertiary/aromatic N) is 3. The second-order valence-electron chi connectivity index (χ2n) is 7.11. The molecule has 1 heterocycles. The van der Waals surface area contributed by atoms with Gasteiger partial charge in [-0.25, -0.2) is 13.4 Å². The third-order valence-electron chi connectivity index (χ3n) is 5.10. The van der Waals surface area contributed by atoms with Crippen LogP contribution in [0.5, 0.6) is 0 Å². The Morgan fingerprint density at radius 3 is 2.44 bits per heavy atom. The second-order valence-corrected chi connectivity index (χ2v) is 11.0. The highest BCUT2D eigenvalue weighted by molar-refractivity contribution is 7.98. The molecule has 0 N–H and O–H groups in total. The molecule has 174 valence electrons. The summed E-state index contributed by atoms with van der Waals surface area (Å²) < 4.78 is 25.0. The van der Waals surface area contributed by atoms with E-state index in [-0.39, 0.29) is 23.2 Å². The maximum Gasteiger partial charge on any atom is 0.260 e. The fourth-order valence-electron chi connectivity index (χ4n) is 3.22. The summed E-state index contributed by atoms with van der Waals surface area (Å²) in [4.78, 5) is 23.4. The standard InChI is InChI=1S/C22H27N3O3S3.ClH/c1-5-24(6-2)12-13-25(21(26)16-8-7-9-18(14-16)31(4,27)28)22-23-19-11-10-17(29-3)15-20(19)30-22;/h7-11,14-15H,5-6,12-13H2,1-4H3;1H. The molecule has 10 heteroatoms. The van der Waals surface area contributed by atoms with E-state index in [1.807, 2.05) is 18.4 Å². The highest BCUT2D eigenvalue weighted by Crippen LogP contribution is 2.32. The molecule has 1 aromatic heterocycles. The normalized spacial score (nSPS) is 11.5. The minimum Gasteiger partial charge on any atom is -0.302 e. The van der Waals surface area contributed by atoms with Crippen LogP contribution >= 0.6 is 35.5 Å². The summed E-state index contributed by atoms with van der Waals surface area (Å²) in [6.07, 6.45) is 3.17. The van der Waals surface area contributed by atoms with E-state index < -0.39 is 9.84 Å². The van der Waals surface area contributed by atoms with Crippen LogP contribution in [0.25, 0.3) is 10.2 Å². The maximum atomic E-state index is 13.5. The van der Waals surface area contributed by atoms with Gasteiger partial charge in [0.15, 0.2) is 15.0 Å². The van der Waals surface area contributed by atoms with Crippen LogP contribution in [0.3, 0.4) is 0 Å². The van der Waals surface area contributed by atoms with Crippen molar-refractivity contribution >= 4 is 66.6 Å². The summed E-state index contributed by atoms with van der Waals surface area (Å²) in [6, 6.07) is 12.3. The summed E-state index contributed by atoms with van der Waals surface area (Å²) in [5.41, 5.74) is 1.19. The number of thioether (sulfide) groups is 1. The first-order valence-electron chi connectivity index (χ1n) is 10.1. The lowest BCUT2D eigenvalue weighted by atomic mass is 10.2. The number of hydrogen-bond acceptors (Lipinski definition) is 7. The smallest absolute Gasteiger partial charge is 0.260 e. The van der Waals surface area contributed by atoms with Gasteiger partial charge < -0.3 is 4.90 Å². The number of fused-ring (bicyclic) bond motifs is 1. The van der Waals surface area contributed by atoms with E-state index in [2.05, 4.69) is 24.8 Å². The molecule has 2 aromatic carbocycles. The molecule has 1 amide bonds. The van der Waals surface area contributed by atoms with E-state index in [4.69, 9.17) is 4.98 Å². The van der Waals surface area contributed by atoms with Crippen molar-refractivity contribution in [1.82, 2.24) is 9.88 Å². The number of amides is 1. The van der Waals surface area contributed by atoms with Gasteiger partial charge in [0.1, 0.15) is 0 Å². The highest BCUT2D eigenvalue weighted by atomic mass is 35.5. The second kappa shape index (κ2) is 11.5. The Kier molecular flexibility index (Phi) is 9.53. The summed E-state index contributed by atoms with van der Waals surface area (Å²) in [5, 5.41) is 0.621. The van der Waals surface area contributed by atoms with Crippen molar-refractivity contribution in [3.63, 3.8) is 0 Å². The van der Waals surface area contributed by atoms with Gasteiger partial charge in [-0.15, -0.1) is 24.2 Å². The maximum absolute atomic E-state index is 13.5. The van der Waals surface area contributed by atoms with Crippen molar-refractivity contribution in [2.75, 3.05) is 43.6 Å². The number of halogens is 1. The molecule has 32 heavy (non-hydrogen) atoms. The molecule has 0 atom stereocenters. The molecule has 0 unspecified atom stereocenters. The molecule has 6 nitrogen and oxygen atoms in total. The van der Waals surface area contributed by atoms with Gasteiger partial charge in [0.25, 0.3) is 5.91 Å². The molecule has 3 rings (SSSR count). The number of carbonyl (C=O) groups is 1. The number of carbonyl (C=O) groups excluding carboxylic acids is 1. The van der Waals surface area contributed by atoms with Crippen LogP contribution in [0.1, 0.15) is 24.2 Å². The summed E-state index contributed by atoms with van der Waals surface area (Å²) >= 11 is 3.14. The number of benzene rings is 2. The SMILES string of the molecule is CCN(CC)CCN(C(=O)c1cccc(S(C)(=O)=O)c1)c1nc2ccc(SC)cc2s1.Cl. The molecule has 0 aliphatic carbocycles. The Balaban J connectivity index is 0.00000363. The summed E-state index contributed by atoms with van der Waals surface area (Å²) in [7, 11) is -3.41. The molecule has 0 saturated carbocycles. The van der Waals surface area contributed by atoms with E-state index in [0.29, 0.717) is 23.8 Å². The van der Waals surface area contributed by atoms with Gasteiger partial charge in [-0.3, -0.25) is 9.69 Å². The largest absolute Gasteiger partial charge is 0.302 e. The van der Waals surface area contributed by atoms with E-state index in [0.717, 1.165) is 34.5 Å². The van der Waals surface area contributed by atoms with Gasteiger partial charge in [0, 0.05) is 29.8 Å². The lowest BCUT2D eigenvalue weighted by molar-refractivity contribution is 0.0983. The number of anilines is 1. The highest BCUT2D eigenvalue weighted by Gasteiger charge is 2.23. The zero-order valence-corrected chi connectivity index (χ0v) is 21.8. The van der Waals surface area contributed by atoms with Crippen molar-refractivity contribution < 1.29 is 13.2 Å². The summed E-state index contributed by atoms with van der Waals surface area (Å²) in [5.74, 6) is -0.248. The van der Waals surface area contributed by atoms with Crippen molar-refractivity contribution in [2.24, 2.45) is 0 Å². The van der Waals surface area contributed by atoms with E-state index >= 15 is 0 Å². The van der Waals surface area contributed by atoms with E-state index in [1.165, 1.54) is 23.5 Å². The Bertz CT molecular complexity index is 1180. The van der Waals surface area contributed by atoms with Crippen LogP contribution in [0, 0.1) is 0 Å². The fraction of sp³-hybridized carbons (Fsp3) is 0.364. The van der Waals surface area contributed by atoms with Crippen molar-refractivity contribution in [1.29, 1.82) is 0 Å². The van der Waals surface area contributed by atoms with Crippen LogP contribution in [0.2, 0.25) is 0 Å². The number of likely N-dealkylation sites (N-methyl/N-ethyl adjacent to an activating group) is 1. The van der Waals surface area contributed by atoms with Crippen LogP contribution < -0.4 is 4.90 Å². The van der Waals surface area contributed by atoms with Gasteiger partial charge in [0.05, 0.1) is 15.1 Å². The Morgan fingerprint density at radius 1 is 1.09 bits per heavy atom. The number of aromatic nitrogens is 1. The topological polar surface area (TPSA) is 70.6 Å². The molecule has 0 radical (unpaired) electrons. The lowest BCUT2D eigenvalue weighted by Crippen LogP contribution is -2.38. The monoisotopic (exact) mass is 513 g/mol. The molecule has 0 aliphatic rings. The number of thiazole rings is 1. The van der Waals surface area contributed by atoms with Gasteiger partial charge >= 0.3 is 0 Å². The van der Waals surface area contributed by atoms with Gasteiger partial charge in [-0.2, -0.15) is 0 Å². The van der Waals surface area contributed by atoms with Crippen molar-refractivity contribution in [3.8, 4) is 0 Å². The first kappa shape index (κ1) is 26.6. The first-order valence-corrected chi connectivity index (χ1v) is 14.0. The number of hydrogen-bond donors (Lipinski definition) is 0. The van der Waals surface area contributed by atoms with Crippen LogP contribution in [0.4, 0.5) is 5.13 Å². The number of sulfone groups is 1. The molecule has 0 aliphatic heterocycles. The molecular formula is C22H28ClN3O3S3. The van der Waals surface area contributed by atoms with E-state index in [9.17, 15) is 13.2 Å². The quantitative estimate of drug-likeness (QED) is 0.381. The average molecular weight is 514 g/mol. The number of rotatable bonds is 9. The third kappa shape index (κ3) is 6.23. The molecule has 0 spiro atoms. The zero-order valence-electron chi connectivity index (χ0n) is 18.6. The third-order valence-corrected chi connectivity index (χ3v) is 7.98. The zero-order chi connectivity index (χ0) is 22.6. The summed E-state index contributed by atoms with van der Waals surface area (Å²) in [6.45, 7) is 7.13. The van der Waals surface area contributed by atoms with Crippen molar-refractivity contribution in [3.05, 3.63) is 48.0 Å². The predicted octanol–water partition coefficient (Wildman–Crippen LogP) is 4.83. The molecular weight excluding hydrogens is 486 g/mol. The van der Waals surface area contributed by atoms with Crippen molar-refractivity contribution in [2.45, 2.75) is 23.6 Å². The van der Waals surface area contributed by atoms with Crippen LogP contribution in [0.15, 0.2) is 52.3 Å². The molecule has 0 saturated heterocycles. The average Bonchev–Trinajstić information content (AvgIpc) is 3.18. The van der Waals surface area contributed by atoms with Crippen LogP contribution in [-0.2, 0) is 9.84 Å². The van der Waals surface area contributed by atoms with Gasteiger partial charge in [0.2, 0.25) is 0 Å². The van der Waals surface area contributed by atoms with Gasteiger partial charge in [-0.1, -0.05) is 31.3 Å². The molecule has 0 fully saturated rings. The Labute approximate surface area is 204 Å². The molecule has 3 aromatic rings.